The van der Waals surface area contributed by atoms with Crippen molar-refractivity contribution in [3.63, 3.8) is 0 Å². The van der Waals surface area contributed by atoms with E-state index in [1.165, 1.54) is 0 Å². The predicted octanol–water partition coefficient (Wildman–Crippen LogP) is 3.07. The van der Waals surface area contributed by atoms with Gasteiger partial charge in [-0.05, 0) is 41.8 Å². The molecule has 0 saturated heterocycles. The number of carbonyl (C=O) groups excluding carboxylic acids is 1. The van der Waals surface area contributed by atoms with Crippen molar-refractivity contribution in [3.8, 4) is 5.75 Å². The minimum atomic E-state index is -0.199. The summed E-state index contributed by atoms with van der Waals surface area (Å²) >= 11 is 0. The van der Waals surface area contributed by atoms with Gasteiger partial charge in [-0.1, -0.05) is 24.3 Å². The Kier molecular flexibility index (Phi) is 6.35. The molecule has 3 rings (SSSR count). The van der Waals surface area contributed by atoms with Crippen molar-refractivity contribution in [1.29, 1.82) is 0 Å². The molecule has 2 aromatic heterocycles. The van der Waals surface area contributed by atoms with Gasteiger partial charge in [-0.2, -0.15) is 0 Å². The normalized spacial score (nSPS) is 10.3. The number of ether oxygens (including phenoxy) is 1. The van der Waals surface area contributed by atoms with Gasteiger partial charge in [0.15, 0.2) is 0 Å². The number of rotatable bonds is 8. The van der Waals surface area contributed by atoms with Crippen LogP contribution in [0.4, 0.5) is 5.69 Å². The number of carbonyl (C=O) groups is 1. The van der Waals surface area contributed by atoms with Gasteiger partial charge in [-0.3, -0.25) is 14.8 Å². The van der Waals surface area contributed by atoms with Crippen LogP contribution >= 0.6 is 0 Å². The Morgan fingerprint density at radius 3 is 2.81 bits per heavy atom. The monoisotopic (exact) mass is 362 g/mol. The SMILES string of the molecule is COc1ccccc1CCNC(=O)c1cc(NCc2cccnc2)ccn1. The van der Waals surface area contributed by atoms with Gasteiger partial charge in [-0.25, -0.2) is 0 Å². The van der Waals surface area contributed by atoms with Gasteiger partial charge in [0.2, 0.25) is 0 Å². The molecule has 0 unspecified atom stereocenters. The van der Waals surface area contributed by atoms with Gasteiger partial charge < -0.3 is 15.4 Å². The Morgan fingerprint density at radius 1 is 1.11 bits per heavy atom. The zero-order valence-electron chi connectivity index (χ0n) is 15.2. The van der Waals surface area contributed by atoms with E-state index in [-0.39, 0.29) is 5.91 Å². The molecule has 0 spiro atoms. The fourth-order valence-corrected chi connectivity index (χ4v) is 2.68. The highest BCUT2D eigenvalue weighted by Crippen LogP contribution is 2.17. The minimum absolute atomic E-state index is 0.199. The lowest BCUT2D eigenvalue weighted by atomic mass is 10.1. The van der Waals surface area contributed by atoms with E-state index in [0.29, 0.717) is 25.2 Å². The highest BCUT2D eigenvalue weighted by Gasteiger charge is 2.08. The van der Waals surface area contributed by atoms with Gasteiger partial charge in [0.05, 0.1) is 7.11 Å². The van der Waals surface area contributed by atoms with Crippen LogP contribution in [0.5, 0.6) is 5.75 Å². The third-order valence-electron chi connectivity index (χ3n) is 4.08. The molecule has 1 amide bonds. The third-order valence-corrected chi connectivity index (χ3v) is 4.08. The number of anilines is 1. The van der Waals surface area contributed by atoms with Gasteiger partial charge >= 0.3 is 0 Å². The van der Waals surface area contributed by atoms with E-state index >= 15 is 0 Å². The fourth-order valence-electron chi connectivity index (χ4n) is 2.68. The summed E-state index contributed by atoms with van der Waals surface area (Å²) in [7, 11) is 1.64. The molecule has 3 aromatic rings. The second-order valence-electron chi connectivity index (χ2n) is 5.96. The van der Waals surface area contributed by atoms with Crippen LogP contribution in [0.25, 0.3) is 0 Å². The van der Waals surface area contributed by atoms with Crippen molar-refractivity contribution in [3.05, 3.63) is 83.9 Å². The van der Waals surface area contributed by atoms with E-state index in [2.05, 4.69) is 20.6 Å². The van der Waals surface area contributed by atoms with E-state index in [9.17, 15) is 4.79 Å². The number of aromatic nitrogens is 2. The van der Waals surface area contributed by atoms with Crippen molar-refractivity contribution < 1.29 is 9.53 Å². The number of hydrogen-bond donors (Lipinski definition) is 2. The third kappa shape index (κ3) is 5.28. The quantitative estimate of drug-likeness (QED) is 0.644. The Hall–Kier alpha value is -3.41. The van der Waals surface area contributed by atoms with Crippen molar-refractivity contribution in [2.45, 2.75) is 13.0 Å². The molecule has 0 aliphatic rings. The highest BCUT2D eigenvalue weighted by molar-refractivity contribution is 5.93. The molecule has 0 bridgehead atoms. The Balaban J connectivity index is 1.54. The van der Waals surface area contributed by atoms with Gasteiger partial charge in [0.25, 0.3) is 5.91 Å². The van der Waals surface area contributed by atoms with Crippen LogP contribution in [0.1, 0.15) is 21.6 Å². The zero-order chi connectivity index (χ0) is 18.9. The maximum Gasteiger partial charge on any atom is 0.269 e. The molecule has 27 heavy (non-hydrogen) atoms. The summed E-state index contributed by atoms with van der Waals surface area (Å²) in [6.45, 7) is 1.14. The zero-order valence-corrected chi connectivity index (χ0v) is 15.2. The number of nitrogens with one attached hydrogen (secondary N) is 2. The topological polar surface area (TPSA) is 76.1 Å². The van der Waals surface area contributed by atoms with Crippen LogP contribution in [0.15, 0.2) is 67.1 Å². The van der Waals surface area contributed by atoms with Crippen LogP contribution < -0.4 is 15.4 Å². The Bertz CT molecular complexity index is 884. The molecule has 1 aromatic carbocycles. The van der Waals surface area contributed by atoms with E-state index in [1.807, 2.05) is 42.5 Å². The number of benzene rings is 1. The molecule has 0 saturated carbocycles. The number of pyridine rings is 2. The first kappa shape index (κ1) is 18.4. The van der Waals surface area contributed by atoms with Crippen LogP contribution in [-0.4, -0.2) is 29.5 Å². The van der Waals surface area contributed by atoms with Crippen LogP contribution in [0.3, 0.4) is 0 Å². The van der Waals surface area contributed by atoms with Crippen LogP contribution in [0, 0.1) is 0 Å². The van der Waals surface area contributed by atoms with Crippen LogP contribution in [-0.2, 0) is 13.0 Å². The lowest BCUT2D eigenvalue weighted by Gasteiger charge is -2.10. The summed E-state index contributed by atoms with van der Waals surface area (Å²) in [5, 5.41) is 6.18. The summed E-state index contributed by atoms with van der Waals surface area (Å²) in [6, 6.07) is 15.3. The van der Waals surface area contributed by atoms with E-state index < -0.39 is 0 Å². The number of methoxy groups -OCH3 is 1. The van der Waals surface area contributed by atoms with E-state index in [0.717, 1.165) is 22.6 Å². The number of amides is 1. The molecule has 0 fully saturated rings. The maximum absolute atomic E-state index is 12.4. The molecule has 2 heterocycles. The van der Waals surface area contributed by atoms with Crippen LogP contribution in [0.2, 0.25) is 0 Å². The summed E-state index contributed by atoms with van der Waals surface area (Å²) in [5.74, 6) is 0.626. The van der Waals surface area contributed by atoms with Crippen molar-refractivity contribution in [2.75, 3.05) is 19.0 Å². The second kappa shape index (κ2) is 9.33. The molecule has 2 N–H and O–H groups in total. The average molecular weight is 362 g/mol. The average Bonchev–Trinajstić information content (AvgIpc) is 2.73. The summed E-state index contributed by atoms with van der Waals surface area (Å²) in [5.41, 5.74) is 3.34. The van der Waals surface area contributed by atoms with Crippen molar-refractivity contribution in [1.82, 2.24) is 15.3 Å². The second-order valence-corrected chi connectivity index (χ2v) is 5.96. The molecular formula is C21H22N4O2. The molecule has 0 radical (unpaired) electrons. The lowest BCUT2D eigenvalue weighted by molar-refractivity contribution is 0.0949. The summed E-state index contributed by atoms with van der Waals surface area (Å²) in [6.07, 6.45) is 5.86. The molecule has 0 atom stereocenters. The van der Waals surface area contributed by atoms with Crippen molar-refractivity contribution >= 4 is 11.6 Å². The number of para-hydroxylation sites is 1. The maximum atomic E-state index is 12.4. The first-order chi connectivity index (χ1) is 13.3. The number of hydrogen-bond acceptors (Lipinski definition) is 5. The largest absolute Gasteiger partial charge is 0.496 e. The predicted molar refractivity (Wildman–Crippen MR) is 105 cm³/mol. The molecule has 138 valence electrons. The molecule has 0 aliphatic heterocycles. The smallest absolute Gasteiger partial charge is 0.269 e. The molecule has 6 nitrogen and oxygen atoms in total. The number of nitrogens with zero attached hydrogens (tertiary/aromatic N) is 2. The molecule has 6 heteroatoms. The van der Waals surface area contributed by atoms with E-state index in [1.54, 1.807) is 31.8 Å². The van der Waals surface area contributed by atoms with E-state index in [4.69, 9.17) is 4.74 Å². The first-order valence-corrected chi connectivity index (χ1v) is 8.75. The summed E-state index contributed by atoms with van der Waals surface area (Å²) < 4.78 is 5.33. The molecule has 0 aliphatic carbocycles. The first-order valence-electron chi connectivity index (χ1n) is 8.75. The Labute approximate surface area is 158 Å². The fraction of sp³-hybridized carbons (Fsp3) is 0.190. The van der Waals surface area contributed by atoms with Gasteiger partial charge in [0.1, 0.15) is 11.4 Å². The lowest BCUT2D eigenvalue weighted by Crippen LogP contribution is -2.26. The highest BCUT2D eigenvalue weighted by atomic mass is 16.5. The van der Waals surface area contributed by atoms with Gasteiger partial charge in [0, 0.05) is 37.4 Å². The summed E-state index contributed by atoms with van der Waals surface area (Å²) in [4.78, 5) is 20.6. The Morgan fingerprint density at radius 2 is 2.00 bits per heavy atom. The molecular weight excluding hydrogens is 340 g/mol. The minimum Gasteiger partial charge on any atom is -0.496 e. The van der Waals surface area contributed by atoms with Crippen molar-refractivity contribution in [2.24, 2.45) is 0 Å². The standard InChI is InChI=1S/C21H22N4O2/c1-27-20-7-3-2-6-17(20)8-11-24-21(26)19-13-18(9-12-23-19)25-15-16-5-4-10-22-14-16/h2-7,9-10,12-14H,8,11,15H2,1H3,(H,23,25)(H,24,26). The van der Waals surface area contributed by atoms with Gasteiger partial charge in [-0.15, -0.1) is 0 Å².